The van der Waals surface area contributed by atoms with Crippen LogP contribution in [0, 0.1) is 0 Å². The quantitative estimate of drug-likeness (QED) is 0.863. The molecule has 2 fully saturated rings. The molecule has 0 bridgehead atoms. The Hall–Kier alpha value is -0.970. The molecule has 0 aromatic heterocycles. The average Bonchev–Trinajstić information content (AvgIpc) is 2.78. The summed E-state index contributed by atoms with van der Waals surface area (Å²) >= 11 is 5.07. The van der Waals surface area contributed by atoms with Crippen molar-refractivity contribution in [2.75, 3.05) is 26.2 Å². The van der Waals surface area contributed by atoms with Gasteiger partial charge >= 0.3 is 0 Å². The van der Waals surface area contributed by atoms with Crippen molar-refractivity contribution in [3.05, 3.63) is 35.4 Å². The highest BCUT2D eigenvalue weighted by atomic mass is 32.1. The fraction of sp³-hybridized carbons (Fsp3) is 0.562. The molecule has 4 heteroatoms. The van der Waals surface area contributed by atoms with E-state index >= 15 is 0 Å². The number of thiocarbonyl (C=S) groups is 1. The van der Waals surface area contributed by atoms with E-state index in [1.54, 1.807) is 0 Å². The van der Waals surface area contributed by atoms with Crippen molar-refractivity contribution < 1.29 is 0 Å². The number of hydrogen-bond donors (Lipinski definition) is 1. The van der Waals surface area contributed by atoms with Gasteiger partial charge in [-0.1, -0.05) is 30.4 Å². The third-order valence-electron chi connectivity index (χ3n) is 4.51. The number of benzene rings is 1. The van der Waals surface area contributed by atoms with Gasteiger partial charge in [-0.2, -0.15) is 0 Å². The molecule has 2 saturated heterocycles. The lowest BCUT2D eigenvalue weighted by Crippen LogP contribution is -2.36. The largest absolute Gasteiger partial charge is 0.389 e. The summed E-state index contributed by atoms with van der Waals surface area (Å²) in [7, 11) is 0. The van der Waals surface area contributed by atoms with Crippen molar-refractivity contribution in [2.24, 2.45) is 5.73 Å². The average molecular weight is 289 g/mol. The molecule has 0 aliphatic carbocycles. The van der Waals surface area contributed by atoms with Crippen molar-refractivity contribution in [1.29, 1.82) is 0 Å². The van der Waals surface area contributed by atoms with Gasteiger partial charge in [-0.3, -0.25) is 9.80 Å². The summed E-state index contributed by atoms with van der Waals surface area (Å²) in [5, 5.41) is 0. The molecule has 2 aliphatic rings. The zero-order valence-corrected chi connectivity index (χ0v) is 12.7. The summed E-state index contributed by atoms with van der Waals surface area (Å²) in [4.78, 5) is 5.75. The predicted octanol–water partition coefficient (Wildman–Crippen LogP) is 1.99. The lowest BCUT2D eigenvalue weighted by molar-refractivity contribution is 0.215. The zero-order valence-electron chi connectivity index (χ0n) is 11.9. The van der Waals surface area contributed by atoms with E-state index in [-0.39, 0.29) is 0 Å². The minimum Gasteiger partial charge on any atom is -0.389 e. The summed E-state index contributed by atoms with van der Waals surface area (Å²) < 4.78 is 0. The van der Waals surface area contributed by atoms with Gasteiger partial charge < -0.3 is 5.73 Å². The maximum Gasteiger partial charge on any atom is 0.103 e. The molecular formula is C16H23N3S. The second-order valence-corrected chi connectivity index (χ2v) is 6.43. The van der Waals surface area contributed by atoms with Gasteiger partial charge in [0.1, 0.15) is 4.99 Å². The van der Waals surface area contributed by atoms with Crippen molar-refractivity contribution in [2.45, 2.75) is 31.8 Å². The van der Waals surface area contributed by atoms with Gasteiger partial charge in [-0.25, -0.2) is 0 Å². The molecule has 2 aliphatic heterocycles. The molecule has 3 rings (SSSR count). The Morgan fingerprint density at radius 1 is 1.25 bits per heavy atom. The van der Waals surface area contributed by atoms with Crippen LogP contribution in [0.3, 0.4) is 0 Å². The predicted molar refractivity (Wildman–Crippen MR) is 86.8 cm³/mol. The van der Waals surface area contributed by atoms with E-state index in [2.05, 4.69) is 28.0 Å². The Kier molecular flexibility index (Phi) is 4.34. The van der Waals surface area contributed by atoms with Crippen LogP contribution in [0.25, 0.3) is 0 Å². The molecule has 1 aromatic carbocycles. The van der Waals surface area contributed by atoms with Gasteiger partial charge in [-0.15, -0.1) is 0 Å². The molecule has 2 N–H and O–H groups in total. The fourth-order valence-corrected chi connectivity index (χ4v) is 3.63. The van der Waals surface area contributed by atoms with Gasteiger partial charge in [-0.05, 0) is 50.5 Å². The standard InChI is InChI=1S/C16H23N3S/c17-16(20)14-5-1-4-13(10-14)11-18-7-3-9-19-8-2-6-15(19)12-18/h1,4-5,10,15H,2-3,6-9,11-12H2,(H2,17,20). The molecule has 0 radical (unpaired) electrons. The van der Waals surface area contributed by atoms with E-state index in [1.807, 2.05) is 6.07 Å². The molecule has 20 heavy (non-hydrogen) atoms. The first kappa shape index (κ1) is 14.0. The van der Waals surface area contributed by atoms with Gasteiger partial charge in [0.05, 0.1) is 0 Å². The first-order chi connectivity index (χ1) is 9.72. The summed E-state index contributed by atoms with van der Waals surface area (Å²) in [5.74, 6) is 0. The smallest absolute Gasteiger partial charge is 0.103 e. The topological polar surface area (TPSA) is 32.5 Å². The van der Waals surface area contributed by atoms with Crippen molar-refractivity contribution in [1.82, 2.24) is 9.80 Å². The summed E-state index contributed by atoms with van der Waals surface area (Å²) in [5.41, 5.74) is 8.02. The van der Waals surface area contributed by atoms with Crippen LogP contribution < -0.4 is 5.73 Å². The third kappa shape index (κ3) is 3.19. The van der Waals surface area contributed by atoms with Gasteiger partial charge in [0, 0.05) is 24.7 Å². The molecule has 2 heterocycles. The van der Waals surface area contributed by atoms with Crippen LogP contribution in [0.4, 0.5) is 0 Å². The molecule has 1 atom stereocenters. The van der Waals surface area contributed by atoms with Crippen LogP contribution in [0.15, 0.2) is 24.3 Å². The highest BCUT2D eigenvalue weighted by molar-refractivity contribution is 7.80. The first-order valence-corrected chi connectivity index (χ1v) is 7.98. The lowest BCUT2D eigenvalue weighted by atomic mass is 10.1. The second kappa shape index (κ2) is 6.20. The fourth-order valence-electron chi connectivity index (χ4n) is 3.51. The van der Waals surface area contributed by atoms with Crippen LogP contribution in [-0.4, -0.2) is 47.0 Å². The van der Waals surface area contributed by atoms with E-state index in [9.17, 15) is 0 Å². The lowest BCUT2D eigenvalue weighted by Gasteiger charge is -2.25. The van der Waals surface area contributed by atoms with Crippen LogP contribution in [-0.2, 0) is 6.54 Å². The van der Waals surface area contributed by atoms with Crippen molar-refractivity contribution in [3.8, 4) is 0 Å². The molecule has 108 valence electrons. The highest BCUT2D eigenvalue weighted by Crippen LogP contribution is 2.22. The molecule has 1 unspecified atom stereocenters. The number of hydrogen-bond acceptors (Lipinski definition) is 3. The van der Waals surface area contributed by atoms with Crippen LogP contribution in [0.5, 0.6) is 0 Å². The summed E-state index contributed by atoms with van der Waals surface area (Å²) in [6.45, 7) is 5.99. The molecular weight excluding hydrogens is 266 g/mol. The van der Waals surface area contributed by atoms with Crippen LogP contribution >= 0.6 is 12.2 Å². The Labute approximate surface area is 126 Å². The van der Waals surface area contributed by atoms with Crippen molar-refractivity contribution in [3.63, 3.8) is 0 Å². The normalized spacial score (nSPS) is 24.3. The maximum atomic E-state index is 5.72. The monoisotopic (exact) mass is 289 g/mol. The Balaban J connectivity index is 1.67. The summed E-state index contributed by atoms with van der Waals surface area (Å²) in [6, 6.07) is 9.14. The molecule has 0 amide bonds. The zero-order chi connectivity index (χ0) is 13.9. The third-order valence-corrected chi connectivity index (χ3v) is 4.74. The van der Waals surface area contributed by atoms with Crippen LogP contribution in [0.2, 0.25) is 0 Å². The highest BCUT2D eigenvalue weighted by Gasteiger charge is 2.28. The maximum absolute atomic E-state index is 5.72. The summed E-state index contributed by atoms with van der Waals surface area (Å²) in [6.07, 6.45) is 4.02. The minimum absolute atomic E-state index is 0.490. The van der Waals surface area contributed by atoms with Gasteiger partial charge in [0.2, 0.25) is 0 Å². The molecule has 0 saturated carbocycles. The van der Waals surface area contributed by atoms with E-state index in [0.29, 0.717) is 4.99 Å². The molecule has 0 spiro atoms. The Morgan fingerprint density at radius 2 is 2.10 bits per heavy atom. The van der Waals surface area contributed by atoms with E-state index in [4.69, 9.17) is 18.0 Å². The second-order valence-electron chi connectivity index (χ2n) is 5.99. The molecule has 1 aromatic rings. The Bertz CT molecular complexity index is 488. The number of nitrogens with two attached hydrogens (primary N) is 1. The Morgan fingerprint density at radius 3 is 2.95 bits per heavy atom. The number of rotatable bonds is 3. The van der Waals surface area contributed by atoms with E-state index in [1.165, 1.54) is 51.0 Å². The van der Waals surface area contributed by atoms with E-state index in [0.717, 1.165) is 18.2 Å². The minimum atomic E-state index is 0.490. The van der Waals surface area contributed by atoms with Crippen molar-refractivity contribution >= 4 is 17.2 Å². The van der Waals surface area contributed by atoms with Gasteiger partial charge in [0.15, 0.2) is 0 Å². The SMILES string of the molecule is NC(=S)c1cccc(CN2CCCN3CCCC3C2)c1. The molecule has 3 nitrogen and oxygen atoms in total. The number of fused-ring (bicyclic) bond motifs is 1. The van der Waals surface area contributed by atoms with Gasteiger partial charge in [0.25, 0.3) is 0 Å². The first-order valence-electron chi connectivity index (χ1n) is 7.57. The van der Waals surface area contributed by atoms with Crippen LogP contribution in [0.1, 0.15) is 30.4 Å². The van der Waals surface area contributed by atoms with E-state index < -0.39 is 0 Å². The number of nitrogens with zero attached hydrogens (tertiary/aromatic N) is 2.